The van der Waals surface area contributed by atoms with Crippen molar-refractivity contribution in [1.82, 2.24) is 25.5 Å². The number of halogens is 1. The molecule has 1 amide bonds. The third kappa shape index (κ3) is 3.07. The zero-order valence-corrected chi connectivity index (χ0v) is 11.5. The first-order valence-electron chi connectivity index (χ1n) is 7.08. The first-order valence-corrected chi connectivity index (χ1v) is 7.08. The van der Waals surface area contributed by atoms with Crippen LogP contribution in [0.3, 0.4) is 0 Å². The van der Waals surface area contributed by atoms with Crippen LogP contribution < -0.4 is 5.32 Å². The van der Waals surface area contributed by atoms with Crippen LogP contribution in [-0.4, -0.2) is 32.2 Å². The Kier molecular flexibility index (Phi) is 3.89. The second-order valence-electron chi connectivity index (χ2n) is 5.22. The summed E-state index contributed by atoms with van der Waals surface area (Å²) < 4.78 is 14.7. The predicted molar refractivity (Wildman–Crippen MR) is 73.5 cm³/mol. The number of rotatable bonds is 3. The van der Waals surface area contributed by atoms with Crippen molar-refractivity contribution in [2.75, 3.05) is 0 Å². The molecule has 3 rings (SSSR count). The fraction of sp³-hybridized carbons (Fsp3) is 0.429. The summed E-state index contributed by atoms with van der Waals surface area (Å²) >= 11 is 0. The maximum atomic E-state index is 13.4. The molecule has 1 fully saturated rings. The maximum absolute atomic E-state index is 13.4. The Morgan fingerprint density at radius 3 is 2.81 bits per heavy atom. The van der Waals surface area contributed by atoms with E-state index in [2.05, 4.69) is 20.8 Å². The highest BCUT2D eigenvalue weighted by molar-refractivity contribution is 5.97. The van der Waals surface area contributed by atoms with Gasteiger partial charge in [-0.15, -0.1) is 5.10 Å². The van der Waals surface area contributed by atoms with Gasteiger partial charge in [0.05, 0.1) is 11.3 Å². The van der Waals surface area contributed by atoms with Crippen molar-refractivity contribution >= 4 is 5.91 Å². The van der Waals surface area contributed by atoms with Crippen LogP contribution in [0.25, 0.3) is 5.69 Å². The summed E-state index contributed by atoms with van der Waals surface area (Å²) in [4.78, 5) is 12.4. The highest BCUT2D eigenvalue weighted by Gasteiger charge is 2.20. The van der Waals surface area contributed by atoms with E-state index in [1.54, 1.807) is 0 Å². The van der Waals surface area contributed by atoms with E-state index in [0.717, 1.165) is 25.7 Å². The van der Waals surface area contributed by atoms with Gasteiger partial charge in [-0.25, -0.2) is 4.39 Å². The van der Waals surface area contributed by atoms with Crippen LogP contribution >= 0.6 is 0 Å². The second kappa shape index (κ2) is 5.99. The van der Waals surface area contributed by atoms with Gasteiger partial charge in [0, 0.05) is 12.1 Å². The third-order valence-electron chi connectivity index (χ3n) is 3.74. The fourth-order valence-electron chi connectivity index (χ4n) is 2.67. The smallest absolute Gasteiger partial charge is 0.253 e. The maximum Gasteiger partial charge on any atom is 0.253 e. The highest BCUT2D eigenvalue weighted by Crippen LogP contribution is 2.19. The minimum absolute atomic E-state index is 0.193. The molecule has 1 aliphatic carbocycles. The number of nitrogens with zero attached hydrogens (tertiary/aromatic N) is 4. The molecule has 1 aliphatic rings. The van der Waals surface area contributed by atoms with Crippen molar-refractivity contribution in [3.05, 3.63) is 35.9 Å². The number of carbonyl (C=O) groups is 1. The molecule has 0 radical (unpaired) electrons. The number of tetrazole rings is 1. The Labute approximate surface area is 121 Å². The molecule has 0 unspecified atom stereocenters. The average Bonchev–Trinajstić information content (AvgIpc) is 3.02. The fourth-order valence-corrected chi connectivity index (χ4v) is 2.67. The Bertz CT molecular complexity index is 622. The van der Waals surface area contributed by atoms with Crippen LogP contribution in [-0.2, 0) is 0 Å². The number of carbonyl (C=O) groups excluding carboxylic acids is 1. The number of aromatic nitrogens is 4. The Hall–Kier alpha value is -2.31. The van der Waals surface area contributed by atoms with Crippen LogP contribution in [0.1, 0.15) is 42.5 Å². The SMILES string of the molecule is O=C(NC1CCCCC1)c1ccc(F)cc1-n1cnnn1. The molecule has 0 bridgehead atoms. The van der Waals surface area contributed by atoms with Gasteiger partial charge in [0.25, 0.3) is 5.91 Å². The van der Waals surface area contributed by atoms with Crippen molar-refractivity contribution in [3.8, 4) is 5.69 Å². The summed E-state index contributed by atoms with van der Waals surface area (Å²) in [7, 11) is 0. The largest absolute Gasteiger partial charge is 0.349 e. The lowest BCUT2D eigenvalue weighted by Gasteiger charge is -2.23. The minimum Gasteiger partial charge on any atom is -0.349 e. The standard InChI is InChI=1S/C14H16FN5O/c15-10-6-7-12(13(8-10)20-9-16-18-19-20)14(21)17-11-4-2-1-3-5-11/h6-9,11H,1-5H2,(H,17,21). The van der Waals surface area contributed by atoms with Gasteiger partial charge < -0.3 is 5.32 Å². The second-order valence-corrected chi connectivity index (χ2v) is 5.22. The topological polar surface area (TPSA) is 72.7 Å². The van der Waals surface area contributed by atoms with Gasteiger partial charge in [-0.1, -0.05) is 19.3 Å². The minimum atomic E-state index is -0.435. The molecular formula is C14H16FN5O. The van der Waals surface area contributed by atoms with Gasteiger partial charge in [0.1, 0.15) is 12.1 Å². The normalized spacial score (nSPS) is 15.9. The lowest BCUT2D eigenvalue weighted by atomic mass is 9.95. The van der Waals surface area contributed by atoms with Crippen LogP contribution in [0.15, 0.2) is 24.5 Å². The van der Waals surface area contributed by atoms with E-state index in [9.17, 15) is 9.18 Å². The lowest BCUT2D eigenvalue weighted by molar-refractivity contribution is 0.0927. The number of nitrogens with one attached hydrogen (secondary N) is 1. The highest BCUT2D eigenvalue weighted by atomic mass is 19.1. The van der Waals surface area contributed by atoms with Crippen LogP contribution in [0, 0.1) is 5.82 Å². The van der Waals surface area contributed by atoms with Crippen molar-refractivity contribution < 1.29 is 9.18 Å². The summed E-state index contributed by atoms with van der Waals surface area (Å²) in [5.41, 5.74) is 0.711. The molecule has 2 aromatic rings. The number of amides is 1. The molecule has 0 spiro atoms. The first kappa shape index (κ1) is 13.7. The molecule has 21 heavy (non-hydrogen) atoms. The lowest BCUT2D eigenvalue weighted by Crippen LogP contribution is -2.36. The molecule has 1 aromatic carbocycles. The van der Waals surface area contributed by atoms with Gasteiger partial charge in [0.2, 0.25) is 0 Å². The summed E-state index contributed by atoms with van der Waals surface area (Å²) in [5.74, 6) is -0.651. The van der Waals surface area contributed by atoms with Crippen molar-refractivity contribution in [2.24, 2.45) is 0 Å². The van der Waals surface area contributed by atoms with Gasteiger partial charge in [-0.05, 0) is 35.4 Å². The third-order valence-corrected chi connectivity index (χ3v) is 3.74. The molecule has 0 saturated heterocycles. The number of hydrogen-bond acceptors (Lipinski definition) is 4. The predicted octanol–water partition coefficient (Wildman–Crippen LogP) is 1.86. The quantitative estimate of drug-likeness (QED) is 0.936. The average molecular weight is 289 g/mol. The molecule has 1 aromatic heterocycles. The van der Waals surface area contributed by atoms with E-state index in [-0.39, 0.29) is 11.9 Å². The Balaban J connectivity index is 1.85. The Morgan fingerprint density at radius 2 is 2.10 bits per heavy atom. The molecular weight excluding hydrogens is 273 g/mol. The Morgan fingerprint density at radius 1 is 1.29 bits per heavy atom. The van der Waals surface area contributed by atoms with E-state index in [0.29, 0.717) is 11.3 Å². The molecule has 7 heteroatoms. The van der Waals surface area contributed by atoms with Crippen LogP contribution in [0.5, 0.6) is 0 Å². The molecule has 0 atom stereocenters. The van der Waals surface area contributed by atoms with Crippen molar-refractivity contribution in [2.45, 2.75) is 38.1 Å². The van der Waals surface area contributed by atoms with E-state index in [1.165, 1.54) is 35.6 Å². The van der Waals surface area contributed by atoms with E-state index in [4.69, 9.17) is 0 Å². The van der Waals surface area contributed by atoms with Crippen molar-refractivity contribution in [3.63, 3.8) is 0 Å². The van der Waals surface area contributed by atoms with E-state index < -0.39 is 5.82 Å². The van der Waals surface area contributed by atoms with Gasteiger partial charge in [-0.2, -0.15) is 4.68 Å². The molecule has 6 nitrogen and oxygen atoms in total. The van der Waals surface area contributed by atoms with Gasteiger partial charge in [-0.3, -0.25) is 4.79 Å². The van der Waals surface area contributed by atoms with Crippen molar-refractivity contribution in [1.29, 1.82) is 0 Å². The molecule has 1 N–H and O–H groups in total. The van der Waals surface area contributed by atoms with E-state index >= 15 is 0 Å². The van der Waals surface area contributed by atoms with E-state index in [1.807, 2.05) is 0 Å². The number of benzene rings is 1. The zero-order chi connectivity index (χ0) is 14.7. The van der Waals surface area contributed by atoms with Gasteiger partial charge >= 0.3 is 0 Å². The molecule has 1 heterocycles. The number of hydrogen-bond donors (Lipinski definition) is 1. The zero-order valence-electron chi connectivity index (χ0n) is 11.5. The summed E-state index contributed by atoms with van der Waals surface area (Å²) in [5, 5.41) is 13.8. The van der Waals surface area contributed by atoms with Crippen LogP contribution in [0.4, 0.5) is 4.39 Å². The van der Waals surface area contributed by atoms with Crippen LogP contribution in [0.2, 0.25) is 0 Å². The molecule has 0 aliphatic heterocycles. The monoisotopic (exact) mass is 289 g/mol. The first-order chi connectivity index (χ1) is 10.2. The summed E-state index contributed by atoms with van der Waals surface area (Å²) in [6.07, 6.45) is 6.81. The molecule has 1 saturated carbocycles. The summed E-state index contributed by atoms with van der Waals surface area (Å²) in [6.45, 7) is 0. The molecule has 110 valence electrons. The van der Waals surface area contributed by atoms with Gasteiger partial charge in [0.15, 0.2) is 0 Å². The summed E-state index contributed by atoms with van der Waals surface area (Å²) in [6, 6.07) is 4.18.